The van der Waals surface area contributed by atoms with E-state index in [0.717, 1.165) is 5.69 Å². The third kappa shape index (κ3) is 8.23. The number of benzene rings is 2. The summed E-state index contributed by atoms with van der Waals surface area (Å²) in [5.74, 6) is -1.57. The van der Waals surface area contributed by atoms with E-state index in [4.69, 9.17) is 15.2 Å². The van der Waals surface area contributed by atoms with E-state index in [-0.39, 0.29) is 23.6 Å². The van der Waals surface area contributed by atoms with Crippen LogP contribution in [-0.2, 0) is 14.3 Å². The maximum absolute atomic E-state index is 13.5. The molecule has 1 aliphatic rings. The second kappa shape index (κ2) is 13.9. The quantitative estimate of drug-likeness (QED) is 0.248. The lowest BCUT2D eigenvalue weighted by Crippen LogP contribution is -2.42. The number of hydrogen-bond donors (Lipinski definition) is 2. The second-order valence-corrected chi connectivity index (χ2v) is 12.5. The van der Waals surface area contributed by atoms with Gasteiger partial charge in [0.25, 0.3) is 5.91 Å². The Hall–Kier alpha value is -5.46. The van der Waals surface area contributed by atoms with Crippen molar-refractivity contribution in [3.8, 4) is 11.3 Å². The fourth-order valence-corrected chi connectivity index (χ4v) is 5.13. The number of carbonyl (C=O) groups excluding carboxylic acids is 3. The van der Waals surface area contributed by atoms with E-state index in [1.54, 1.807) is 47.5 Å². The molecule has 0 unspecified atom stereocenters. The van der Waals surface area contributed by atoms with Crippen molar-refractivity contribution in [3.63, 3.8) is 0 Å². The molecule has 0 radical (unpaired) electrons. The van der Waals surface area contributed by atoms with Crippen molar-refractivity contribution in [2.24, 2.45) is 0 Å². The minimum absolute atomic E-state index is 0.0668. The third-order valence-corrected chi connectivity index (χ3v) is 7.58. The smallest absolute Gasteiger partial charge is 0.410 e. The highest BCUT2D eigenvalue weighted by molar-refractivity contribution is 5.99. The molecule has 3 heterocycles. The second-order valence-electron chi connectivity index (χ2n) is 12.5. The van der Waals surface area contributed by atoms with E-state index < -0.39 is 23.6 Å². The number of carbonyl (C=O) groups is 3. The van der Waals surface area contributed by atoms with Gasteiger partial charge in [-0.3, -0.25) is 9.48 Å². The van der Waals surface area contributed by atoms with Gasteiger partial charge in [0.15, 0.2) is 11.5 Å². The van der Waals surface area contributed by atoms with Gasteiger partial charge < -0.3 is 30.3 Å². The Kier molecular flexibility index (Phi) is 9.73. The maximum Gasteiger partial charge on any atom is 0.410 e. The number of nitrogens with two attached hydrogens (primary N) is 1. The number of aromatic nitrogens is 4. The predicted octanol–water partition coefficient (Wildman–Crippen LogP) is 5.10. The highest BCUT2D eigenvalue weighted by Gasteiger charge is 2.30. The van der Waals surface area contributed by atoms with Crippen LogP contribution in [0.25, 0.3) is 11.3 Å². The Morgan fingerprint density at radius 2 is 1.74 bits per heavy atom. The molecule has 13 heteroatoms. The molecule has 2 aromatic carbocycles. The molecule has 1 atom stereocenters. The molecule has 1 fully saturated rings. The highest BCUT2D eigenvalue weighted by atomic mass is 16.6. The summed E-state index contributed by atoms with van der Waals surface area (Å²) < 4.78 is 13.1. The molecule has 0 bridgehead atoms. The van der Waals surface area contributed by atoms with Gasteiger partial charge in [0.05, 0.1) is 24.1 Å². The molecular weight excluding hydrogens is 600 g/mol. The van der Waals surface area contributed by atoms with Gasteiger partial charge in [0, 0.05) is 55.9 Å². The third-order valence-electron chi connectivity index (χ3n) is 7.58. The van der Waals surface area contributed by atoms with Gasteiger partial charge in [-0.2, -0.15) is 5.10 Å². The van der Waals surface area contributed by atoms with Crippen LogP contribution in [-0.4, -0.2) is 75.4 Å². The van der Waals surface area contributed by atoms with Gasteiger partial charge in [-0.05, 0) is 51.8 Å². The molecule has 246 valence electrons. The van der Waals surface area contributed by atoms with Crippen molar-refractivity contribution in [3.05, 3.63) is 84.4 Å². The standard InChI is InChI=1S/C34H40N8O5/c1-34(2,3)47-33(45)41-16-14-25(15-17-41)42-21-23(19-37-42)27-20-36-30(35)28(39-27)32(44)46-29(22-10-7-6-8-11-22)31(43)38-24-12-9-13-26(18-24)40(4)5/h6-13,18-21,25,29H,14-17H2,1-5H3,(H2,35,36)(H,38,43)/t29-/m1/s1. The average molecular weight is 641 g/mol. The predicted molar refractivity (Wildman–Crippen MR) is 178 cm³/mol. The summed E-state index contributed by atoms with van der Waals surface area (Å²) in [6.07, 6.45) is 4.71. The number of nitrogens with zero attached hydrogens (tertiary/aromatic N) is 6. The van der Waals surface area contributed by atoms with Crippen LogP contribution in [0.4, 0.5) is 22.0 Å². The van der Waals surface area contributed by atoms with Crippen molar-refractivity contribution >= 4 is 35.2 Å². The Bertz CT molecular complexity index is 1730. The van der Waals surface area contributed by atoms with Crippen molar-refractivity contribution < 1.29 is 23.9 Å². The van der Waals surface area contributed by atoms with E-state index in [1.807, 2.05) is 68.8 Å². The first-order chi connectivity index (χ1) is 22.4. The normalized spacial score (nSPS) is 14.3. The largest absolute Gasteiger partial charge is 0.444 e. The minimum Gasteiger partial charge on any atom is -0.444 e. The van der Waals surface area contributed by atoms with Gasteiger partial charge in [0.1, 0.15) is 5.60 Å². The van der Waals surface area contributed by atoms with Crippen molar-refractivity contribution in [2.45, 2.75) is 51.4 Å². The summed E-state index contributed by atoms with van der Waals surface area (Å²) in [4.78, 5) is 51.7. The van der Waals surface area contributed by atoms with Crippen LogP contribution in [0.2, 0.25) is 0 Å². The lowest BCUT2D eigenvalue weighted by atomic mass is 10.1. The average Bonchev–Trinajstić information content (AvgIpc) is 3.54. The molecule has 3 N–H and O–H groups in total. The van der Waals surface area contributed by atoms with Crippen molar-refractivity contribution in [2.75, 3.05) is 43.1 Å². The van der Waals surface area contributed by atoms with Gasteiger partial charge in [-0.1, -0.05) is 36.4 Å². The number of nitrogen functional groups attached to an aromatic ring is 1. The van der Waals surface area contributed by atoms with Crippen LogP contribution in [0.5, 0.6) is 0 Å². The van der Waals surface area contributed by atoms with Gasteiger partial charge in [-0.25, -0.2) is 19.6 Å². The topological polar surface area (TPSA) is 158 Å². The number of amides is 2. The van der Waals surface area contributed by atoms with Crippen molar-refractivity contribution in [1.82, 2.24) is 24.6 Å². The van der Waals surface area contributed by atoms with Gasteiger partial charge in [0.2, 0.25) is 6.10 Å². The molecule has 5 rings (SSSR count). The summed E-state index contributed by atoms with van der Waals surface area (Å²) in [5, 5.41) is 7.37. The van der Waals surface area contributed by atoms with E-state index >= 15 is 0 Å². The number of hydrogen-bond acceptors (Lipinski definition) is 10. The van der Waals surface area contributed by atoms with Crippen molar-refractivity contribution in [1.29, 1.82) is 0 Å². The molecule has 0 saturated carbocycles. The first-order valence-corrected chi connectivity index (χ1v) is 15.4. The van der Waals surface area contributed by atoms with Crippen LogP contribution < -0.4 is 16.0 Å². The Morgan fingerprint density at radius 1 is 1.02 bits per heavy atom. The van der Waals surface area contributed by atoms with Crippen LogP contribution >= 0.6 is 0 Å². The molecule has 0 spiro atoms. The Labute approximate surface area is 273 Å². The summed E-state index contributed by atoms with van der Waals surface area (Å²) in [6, 6.07) is 16.1. The number of ether oxygens (including phenoxy) is 2. The van der Waals surface area contributed by atoms with E-state index in [2.05, 4.69) is 20.4 Å². The summed E-state index contributed by atoms with van der Waals surface area (Å²) in [7, 11) is 3.80. The molecule has 2 aromatic heterocycles. The van der Waals surface area contributed by atoms with E-state index in [9.17, 15) is 14.4 Å². The molecule has 1 saturated heterocycles. The Balaban J connectivity index is 1.30. The summed E-state index contributed by atoms with van der Waals surface area (Å²) in [5.41, 5.74) is 8.22. The zero-order valence-electron chi connectivity index (χ0n) is 27.2. The fraction of sp³-hybridized carbons (Fsp3) is 0.353. The number of anilines is 3. The lowest BCUT2D eigenvalue weighted by Gasteiger charge is -2.33. The first kappa shape index (κ1) is 32.9. The van der Waals surface area contributed by atoms with Crippen LogP contribution in [0.1, 0.15) is 61.8 Å². The lowest BCUT2D eigenvalue weighted by molar-refractivity contribution is -0.125. The fourth-order valence-electron chi connectivity index (χ4n) is 5.13. The minimum atomic E-state index is -1.29. The number of rotatable bonds is 8. The van der Waals surface area contributed by atoms with Crippen LogP contribution in [0, 0.1) is 0 Å². The number of piperidine rings is 1. The monoisotopic (exact) mass is 640 g/mol. The number of likely N-dealkylation sites (tertiary alicyclic amines) is 1. The van der Waals surface area contributed by atoms with Gasteiger partial charge >= 0.3 is 12.1 Å². The summed E-state index contributed by atoms with van der Waals surface area (Å²) in [6.45, 7) is 6.63. The molecule has 13 nitrogen and oxygen atoms in total. The van der Waals surface area contributed by atoms with E-state index in [0.29, 0.717) is 48.4 Å². The summed E-state index contributed by atoms with van der Waals surface area (Å²) >= 11 is 0. The zero-order chi connectivity index (χ0) is 33.7. The number of esters is 1. The molecule has 47 heavy (non-hydrogen) atoms. The maximum atomic E-state index is 13.5. The van der Waals surface area contributed by atoms with Crippen LogP contribution in [0.15, 0.2) is 73.2 Å². The highest BCUT2D eigenvalue weighted by Crippen LogP contribution is 2.28. The molecule has 0 aliphatic carbocycles. The first-order valence-electron chi connectivity index (χ1n) is 15.4. The Morgan fingerprint density at radius 3 is 2.43 bits per heavy atom. The molecule has 2 amide bonds. The zero-order valence-corrected chi connectivity index (χ0v) is 27.2. The molecular formula is C34H40N8O5. The van der Waals surface area contributed by atoms with Crippen LogP contribution in [0.3, 0.4) is 0 Å². The SMILES string of the molecule is CN(C)c1cccc(NC(=O)[C@H](OC(=O)c2nc(-c3cnn(C4CCN(C(=O)OC(C)(C)C)CC4)c3)cnc2N)c2ccccc2)c1. The molecule has 1 aliphatic heterocycles. The van der Waals surface area contributed by atoms with Gasteiger partial charge in [-0.15, -0.1) is 0 Å². The number of nitrogens with one attached hydrogen (secondary N) is 1. The molecule has 4 aromatic rings. The van der Waals surface area contributed by atoms with E-state index in [1.165, 1.54) is 6.20 Å².